The zero-order valence-corrected chi connectivity index (χ0v) is 9.72. The summed E-state index contributed by atoms with van der Waals surface area (Å²) >= 11 is 0. The van der Waals surface area contributed by atoms with Gasteiger partial charge in [0.25, 0.3) is 0 Å². The van der Waals surface area contributed by atoms with Crippen molar-refractivity contribution >= 4 is 10.9 Å². The summed E-state index contributed by atoms with van der Waals surface area (Å²) in [5.41, 5.74) is 4.72. The van der Waals surface area contributed by atoms with Crippen LogP contribution in [-0.4, -0.2) is 4.98 Å². The molecule has 3 rings (SSSR count). The first kappa shape index (κ1) is 10.0. The zero-order chi connectivity index (χ0) is 11.7. The monoisotopic (exact) mass is 219 g/mol. The van der Waals surface area contributed by atoms with Gasteiger partial charge in [0.2, 0.25) is 0 Å². The molecule has 0 atom stereocenters. The molecule has 1 heteroatoms. The molecule has 0 bridgehead atoms. The molecule has 0 saturated heterocycles. The molecule has 3 aromatic rings. The van der Waals surface area contributed by atoms with Crippen molar-refractivity contribution in [2.45, 2.75) is 6.92 Å². The average Bonchev–Trinajstić information content (AvgIpc) is 2.40. The van der Waals surface area contributed by atoms with E-state index < -0.39 is 0 Å². The van der Waals surface area contributed by atoms with Gasteiger partial charge in [-0.2, -0.15) is 0 Å². The fourth-order valence-corrected chi connectivity index (χ4v) is 2.09. The Bertz CT molecular complexity index is 657. The highest BCUT2D eigenvalue weighted by Gasteiger charge is 2.01. The normalized spacial score (nSPS) is 10.6. The van der Waals surface area contributed by atoms with Crippen molar-refractivity contribution in [3.8, 4) is 11.1 Å². The lowest BCUT2D eigenvalue weighted by atomic mass is 10.0. The van der Waals surface area contributed by atoms with E-state index in [1.165, 1.54) is 22.1 Å². The minimum Gasteiger partial charge on any atom is -0.256 e. The first-order chi connectivity index (χ1) is 8.34. The molecule has 0 N–H and O–H groups in total. The average molecular weight is 219 g/mol. The smallest absolute Gasteiger partial charge is 0.0705 e. The Morgan fingerprint density at radius 3 is 2.47 bits per heavy atom. The number of fused-ring (bicyclic) bond motifs is 1. The number of nitrogens with zero attached hydrogens (tertiary/aromatic N) is 1. The highest BCUT2D eigenvalue weighted by atomic mass is 14.6. The Morgan fingerprint density at radius 2 is 1.65 bits per heavy atom. The third-order valence-corrected chi connectivity index (χ3v) is 3.05. The number of rotatable bonds is 1. The summed E-state index contributed by atoms with van der Waals surface area (Å²) < 4.78 is 0. The SMILES string of the molecule is Cc1cccc2ncc(-c3ccccc3)cc12. The maximum atomic E-state index is 4.52. The van der Waals surface area contributed by atoms with Gasteiger partial charge in [0.1, 0.15) is 0 Å². The Balaban J connectivity index is 2.23. The van der Waals surface area contributed by atoms with E-state index >= 15 is 0 Å². The molecule has 0 spiro atoms. The van der Waals surface area contributed by atoms with Crippen LogP contribution in [0.4, 0.5) is 0 Å². The van der Waals surface area contributed by atoms with Crippen LogP contribution in [0.25, 0.3) is 22.0 Å². The van der Waals surface area contributed by atoms with Gasteiger partial charge < -0.3 is 0 Å². The maximum absolute atomic E-state index is 4.52. The molecule has 0 radical (unpaired) electrons. The van der Waals surface area contributed by atoms with Crippen LogP contribution in [0.1, 0.15) is 5.56 Å². The van der Waals surface area contributed by atoms with Gasteiger partial charge in [0.05, 0.1) is 5.52 Å². The van der Waals surface area contributed by atoms with E-state index in [9.17, 15) is 0 Å². The summed E-state index contributed by atoms with van der Waals surface area (Å²) in [4.78, 5) is 4.52. The first-order valence-corrected chi connectivity index (χ1v) is 5.75. The van der Waals surface area contributed by atoms with Crippen LogP contribution in [0.15, 0.2) is 60.8 Å². The molecule has 0 aliphatic heterocycles. The fourth-order valence-electron chi connectivity index (χ4n) is 2.09. The number of benzene rings is 2. The highest BCUT2D eigenvalue weighted by molar-refractivity contribution is 5.86. The van der Waals surface area contributed by atoms with Gasteiger partial charge >= 0.3 is 0 Å². The largest absolute Gasteiger partial charge is 0.256 e. The van der Waals surface area contributed by atoms with Crippen LogP contribution in [0.3, 0.4) is 0 Å². The van der Waals surface area contributed by atoms with Crippen LogP contribution in [0.2, 0.25) is 0 Å². The first-order valence-electron chi connectivity index (χ1n) is 5.75. The molecular weight excluding hydrogens is 206 g/mol. The predicted octanol–water partition coefficient (Wildman–Crippen LogP) is 4.21. The van der Waals surface area contributed by atoms with Gasteiger partial charge in [-0.05, 0) is 30.2 Å². The number of aryl methyl sites for hydroxylation is 1. The second-order valence-electron chi connectivity index (χ2n) is 4.23. The summed E-state index contributed by atoms with van der Waals surface area (Å²) in [6, 6.07) is 18.8. The van der Waals surface area contributed by atoms with Gasteiger partial charge in [0, 0.05) is 17.1 Å². The summed E-state index contributed by atoms with van der Waals surface area (Å²) in [6.45, 7) is 2.12. The van der Waals surface area contributed by atoms with Crippen molar-refractivity contribution < 1.29 is 0 Å². The molecule has 17 heavy (non-hydrogen) atoms. The van der Waals surface area contributed by atoms with Crippen molar-refractivity contribution in [2.75, 3.05) is 0 Å². The summed E-state index contributed by atoms with van der Waals surface area (Å²) in [5.74, 6) is 0. The highest BCUT2D eigenvalue weighted by Crippen LogP contribution is 2.24. The molecule has 1 nitrogen and oxygen atoms in total. The van der Waals surface area contributed by atoms with Gasteiger partial charge in [-0.3, -0.25) is 4.98 Å². The van der Waals surface area contributed by atoms with E-state index in [0.29, 0.717) is 0 Å². The van der Waals surface area contributed by atoms with E-state index in [1.807, 2.05) is 18.3 Å². The molecule has 0 aliphatic carbocycles. The summed E-state index contributed by atoms with van der Waals surface area (Å²) in [7, 11) is 0. The van der Waals surface area contributed by atoms with E-state index in [2.05, 4.69) is 54.4 Å². The topological polar surface area (TPSA) is 12.9 Å². The molecule has 0 fully saturated rings. The van der Waals surface area contributed by atoms with Crippen molar-refractivity contribution in [3.05, 3.63) is 66.4 Å². The lowest BCUT2D eigenvalue weighted by Gasteiger charge is -2.05. The van der Waals surface area contributed by atoms with Crippen molar-refractivity contribution in [1.29, 1.82) is 0 Å². The van der Waals surface area contributed by atoms with Crippen molar-refractivity contribution in [3.63, 3.8) is 0 Å². The Morgan fingerprint density at radius 1 is 0.824 bits per heavy atom. The molecule has 1 heterocycles. The van der Waals surface area contributed by atoms with E-state index in [0.717, 1.165) is 5.52 Å². The molecular formula is C16H13N. The molecule has 82 valence electrons. The second-order valence-corrected chi connectivity index (χ2v) is 4.23. The standard InChI is InChI=1S/C16H13N/c1-12-6-5-9-16-15(12)10-14(11-17-16)13-7-3-2-4-8-13/h2-11H,1H3. The maximum Gasteiger partial charge on any atom is 0.0705 e. The minimum absolute atomic E-state index is 1.06. The lowest BCUT2D eigenvalue weighted by molar-refractivity contribution is 1.39. The van der Waals surface area contributed by atoms with E-state index in [1.54, 1.807) is 0 Å². The van der Waals surface area contributed by atoms with Crippen LogP contribution < -0.4 is 0 Å². The van der Waals surface area contributed by atoms with Crippen LogP contribution >= 0.6 is 0 Å². The summed E-state index contributed by atoms with van der Waals surface area (Å²) in [6.07, 6.45) is 1.94. The Hall–Kier alpha value is -2.15. The van der Waals surface area contributed by atoms with E-state index in [4.69, 9.17) is 0 Å². The number of hydrogen-bond acceptors (Lipinski definition) is 1. The Labute approximate surface area is 101 Å². The molecule has 1 aromatic heterocycles. The number of pyridine rings is 1. The van der Waals surface area contributed by atoms with E-state index in [-0.39, 0.29) is 0 Å². The van der Waals surface area contributed by atoms with Crippen LogP contribution in [-0.2, 0) is 0 Å². The van der Waals surface area contributed by atoms with Gasteiger partial charge in [-0.1, -0.05) is 42.5 Å². The quantitative estimate of drug-likeness (QED) is 0.597. The van der Waals surface area contributed by atoms with Crippen LogP contribution in [0.5, 0.6) is 0 Å². The molecule has 0 saturated carbocycles. The third kappa shape index (κ3) is 1.80. The van der Waals surface area contributed by atoms with Gasteiger partial charge in [-0.25, -0.2) is 0 Å². The molecule has 0 unspecified atom stereocenters. The number of hydrogen-bond donors (Lipinski definition) is 0. The fraction of sp³-hybridized carbons (Fsp3) is 0.0625. The predicted molar refractivity (Wildman–Crippen MR) is 71.9 cm³/mol. The van der Waals surface area contributed by atoms with Crippen molar-refractivity contribution in [1.82, 2.24) is 4.98 Å². The zero-order valence-electron chi connectivity index (χ0n) is 9.72. The Kier molecular flexibility index (Phi) is 2.37. The second kappa shape index (κ2) is 4.02. The number of aromatic nitrogens is 1. The molecule has 2 aromatic carbocycles. The third-order valence-electron chi connectivity index (χ3n) is 3.05. The van der Waals surface area contributed by atoms with Crippen molar-refractivity contribution in [2.24, 2.45) is 0 Å². The summed E-state index contributed by atoms with van der Waals surface area (Å²) in [5, 5.41) is 1.23. The lowest BCUT2D eigenvalue weighted by Crippen LogP contribution is -1.85. The van der Waals surface area contributed by atoms with Gasteiger partial charge in [0.15, 0.2) is 0 Å². The molecule has 0 amide bonds. The van der Waals surface area contributed by atoms with Gasteiger partial charge in [-0.15, -0.1) is 0 Å². The van der Waals surface area contributed by atoms with Crippen LogP contribution in [0, 0.1) is 6.92 Å². The minimum atomic E-state index is 1.06. The molecule has 0 aliphatic rings.